The molecule has 2 fully saturated rings. The van der Waals surface area contributed by atoms with Crippen molar-refractivity contribution in [1.29, 1.82) is 0 Å². The summed E-state index contributed by atoms with van der Waals surface area (Å²) in [5, 5.41) is 3.01. The molecule has 2 aliphatic rings. The number of aryl methyl sites for hydroxylation is 2. The number of fused-ring (bicyclic) bond motifs is 1. The van der Waals surface area contributed by atoms with E-state index in [4.69, 9.17) is 4.74 Å². The highest BCUT2D eigenvalue weighted by atomic mass is 16.5. The third-order valence-electron chi connectivity index (χ3n) is 4.52. The number of hydrogen-bond acceptors (Lipinski definition) is 4. The predicted molar refractivity (Wildman–Crippen MR) is 83.2 cm³/mol. The van der Waals surface area contributed by atoms with Gasteiger partial charge in [-0.05, 0) is 38.8 Å². The molecule has 1 aromatic heterocycles. The Morgan fingerprint density at radius 3 is 2.91 bits per heavy atom. The van der Waals surface area contributed by atoms with E-state index in [1.165, 1.54) is 0 Å². The van der Waals surface area contributed by atoms with Gasteiger partial charge >= 0.3 is 0 Å². The summed E-state index contributed by atoms with van der Waals surface area (Å²) < 4.78 is 5.67. The number of aromatic nitrogens is 1. The molecule has 22 heavy (non-hydrogen) atoms. The molecular weight excluding hydrogens is 282 g/mol. The van der Waals surface area contributed by atoms with E-state index >= 15 is 0 Å². The van der Waals surface area contributed by atoms with Crippen molar-refractivity contribution in [2.24, 2.45) is 0 Å². The first-order valence-electron chi connectivity index (χ1n) is 7.81. The van der Waals surface area contributed by atoms with E-state index in [0.717, 1.165) is 31.8 Å². The average Bonchev–Trinajstić information content (AvgIpc) is 2.78. The number of aromatic amines is 1. The van der Waals surface area contributed by atoms with Crippen molar-refractivity contribution in [3.05, 3.63) is 33.2 Å². The van der Waals surface area contributed by atoms with Crippen LogP contribution in [0, 0.1) is 13.8 Å². The number of nitrogens with one attached hydrogen (secondary N) is 2. The maximum atomic E-state index is 12.4. The van der Waals surface area contributed by atoms with E-state index in [0.29, 0.717) is 11.6 Å². The van der Waals surface area contributed by atoms with Crippen LogP contribution in [0.15, 0.2) is 10.9 Å². The van der Waals surface area contributed by atoms with Gasteiger partial charge < -0.3 is 15.0 Å². The molecule has 0 unspecified atom stereocenters. The normalized spacial score (nSPS) is 28.4. The van der Waals surface area contributed by atoms with Gasteiger partial charge in [0.2, 0.25) is 0 Å². The quantitative estimate of drug-likeness (QED) is 0.838. The van der Waals surface area contributed by atoms with Crippen LogP contribution in [0.25, 0.3) is 0 Å². The fourth-order valence-corrected chi connectivity index (χ4v) is 3.54. The SMILES string of the molecule is Cc1cc(C)c(C(=O)N[C@H]2C[C@H]3CO[C@H](C)CN3C2)c(=O)[nH]1. The molecule has 0 bridgehead atoms. The van der Waals surface area contributed by atoms with E-state index in [2.05, 4.69) is 22.1 Å². The van der Waals surface area contributed by atoms with Gasteiger partial charge in [0.05, 0.1) is 12.7 Å². The number of hydrogen-bond donors (Lipinski definition) is 2. The monoisotopic (exact) mass is 305 g/mol. The first-order chi connectivity index (χ1) is 10.4. The molecule has 0 saturated carbocycles. The molecular formula is C16H23N3O3. The fraction of sp³-hybridized carbons (Fsp3) is 0.625. The second-order valence-electron chi connectivity index (χ2n) is 6.50. The Kier molecular flexibility index (Phi) is 4.06. The Hall–Kier alpha value is -1.66. The second-order valence-corrected chi connectivity index (χ2v) is 6.50. The van der Waals surface area contributed by atoms with E-state index in [-0.39, 0.29) is 29.2 Å². The minimum Gasteiger partial charge on any atom is -0.376 e. The van der Waals surface area contributed by atoms with Crippen molar-refractivity contribution in [1.82, 2.24) is 15.2 Å². The lowest BCUT2D eigenvalue weighted by Gasteiger charge is -2.33. The number of morpholine rings is 1. The van der Waals surface area contributed by atoms with E-state index in [1.807, 2.05) is 13.0 Å². The zero-order chi connectivity index (χ0) is 15.9. The zero-order valence-corrected chi connectivity index (χ0v) is 13.3. The van der Waals surface area contributed by atoms with Crippen LogP contribution in [-0.4, -0.2) is 53.7 Å². The number of carbonyl (C=O) groups excluding carboxylic acids is 1. The molecule has 1 aromatic rings. The third-order valence-corrected chi connectivity index (χ3v) is 4.52. The lowest BCUT2D eigenvalue weighted by atomic mass is 10.1. The lowest BCUT2D eigenvalue weighted by molar-refractivity contribution is -0.0390. The fourth-order valence-electron chi connectivity index (χ4n) is 3.54. The number of carbonyl (C=O) groups is 1. The molecule has 3 rings (SSSR count). The Labute approximate surface area is 129 Å². The highest BCUT2D eigenvalue weighted by molar-refractivity contribution is 5.95. The van der Waals surface area contributed by atoms with Crippen molar-refractivity contribution in [2.45, 2.75) is 45.4 Å². The summed E-state index contributed by atoms with van der Waals surface area (Å²) in [6.07, 6.45) is 1.12. The molecule has 3 atom stereocenters. The highest BCUT2D eigenvalue weighted by Gasteiger charge is 2.37. The van der Waals surface area contributed by atoms with Gasteiger partial charge in [0, 0.05) is 30.9 Å². The Bertz CT molecular complexity index is 640. The molecule has 6 heteroatoms. The average molecular weight is 305 g/mol. The molecule has 1 amide bonds. The number of nitrogens with zero attached hydrogens (tertiary/aromatic N) is 1. The molecule has 3 heterocycles. The van der Waals surface area contributed by atoms with Crippen molar-refractivity contribution in [3.8, 4) is 0 Å². The van der Waals surface area contributed by atoms with Gasteiger partial charge in [0.15, 0.2) is 0 Å². The van der Waals surface area contributed by atoms with Crippen LogP contribution >= 0.6 is 0 Å². The van der Waals surface area contributed by atoms with Gasteiger partial charge in [-0.15, -0.1) is 0 Å². The summed E-state index contributed by atoms with van der Waals surface area (Å²) in [4.78, 5) is 29.5. The maximum absolute atomic E-state index is 12.4. The van der Waals surface area contributed by atoms with Crippen molar-refractivity contribution >= 4 is 5.91 Å². The van der Waals surface area contributed by atoms with Crippen LogP contribution < -0.4 is 10.9 Å². The van der Waals surface area contributed by atoms with Crippen molar-refractivity contribution in [3.63, 3.8) is 0 Å². The third kappa shape index (κ3) is 2.94. The molecule has 0 radical (unpaired) electrons. The van der Waals surface area contributed by atoms with Crippen LogP contribution in [0.2, 0.25) is 0 Å². The number of ether oxygens (including phenoxy) is 1. The molecule has 120 valence electrons. The minimum absolute atomic E-state index is 0.0755. The molecule has 2 aliphatic heterocycles. The smallest absolute Gasteiger partial charge is 0.261 e. The molecule has 6 nitrogen and oxygen atoms in total. The molecule has 0 spiro atoms. The van der Waals surface area contributed by atoms with E-state index in [1.54, 1.807) is 6.92 Å². The van der Waals surface area contributed by atoms with Crippen LogP contribution in [-0.2, 0) is 4.74 Å². The minimum atomic E-state index is -0.317. The number of pyridine rings is 1. The van der Waals surface area contributed by atoms with Gasteiger partial charge in [0.25, 0.3) is 11.5 Å². The summed E-state index contributed by atoms with van der Waals surface area (Å²) in [5.74, 6) is -0.280. The lowest BCUT2D eigenvalue weighted by Crippen LogP contribution is -2.45. The van der Waals surface area contributed by atoms with Gasteiger partial charge in [-0.2, -0.15) is 0 Å². The van der Waals surface area contributed by atoms with Crippen molar-refractivity contribution in [2.75, 3.05) is 19.7 Å². The molecule has 2 N–H and O–H groups in total. The summed E-state index contributed by atoms with van der Waals surface area (Å²) in [7, 11) is 0. The summed E-state index contributed by atoms with van der Waals surface area (Å²) >= 11 is 0. The summed E-state index contributed by atoms with van der Waals surface area (Å²) in [6, 6.07) is 2.27. The molecule has 0 aliphatic carbocycles. The Morgan fingerprint density at radius 1 is 1.41 bits per heavy atom. The van der Waals surface area contributed by atoms with E-state index in [9.17, 15) is 9.59 Å². The maximum Gasteiger partial charge on any atom is 0.261 e. The van der Waals surface area contributed by atoms with Crippen LogP contribution in [0.4, 0.5) is 0 Å². The number of amides is 1. The highest BCUT2D eigenvalue weighted by Crippen LogP contribution is 2.23. The number of rotatable bonds is 2. The van der Waals surface area contributed by atoms with Crippen LogP contribution in [0.5, 0.6) is 0 Å². The van der Waals surface area contributed by atoms with Crippen molar-refractivity contribution < 1.29 is 9.53 Å². The standard InChI is InChI=1S/C16H23N3O3/c1-9-4-10(2)17-15(20)14(9)16(21)18-12-5-13-8-22-11(3)6-19(13)7-12/h4,11-13H,5-8H2,1-3H3,(H,17,20)(H,18,21)/t11-,12+,13+/m1/s1. The van der Waals surface area contributed by atoms with Gasteiger partial charge in [-0.3, -0.25) is 14.5 Å². The first-order valence-corrected chi connectivity index (χ1v) is 7.81. The second kappa shape index (κ2) is 5.85. The zero-order valence-electron chi connectivity index (χ0n) is 13.3. The molecule has 0 aromatic carbocycles. The molecule has 2 saturated heterocycles. The summed E-state index contributed by atoms with van der Waals surface area (Å²) in [5.41, 5.74) is 1.39. The predicted octanol–water partition coefficient (Wildman–Crippen LogP) is 0.583. The van der Waals surface area contributed by atoms with Gasteiger partial charge in [-0.1, -0.05) is 0 Å². The van der Waals surface area contributed by atoms with Gasteiger partial charge in [-0.25, -0.2) is 0 Å². The van der Waals surface area contributed by atoms with Gasteiger partial charge in [0.1, 0.15) is 5.56 Å². The topological polar surface area (TPSA) is 74.4 Å². The first kappa shape index (κ1) is 15.2. The largest absolute Gasteiger partial charge is 0.376 e. The van der Waals surface area contributed by atoms with Crippen LogP contribution in [0.3, 0.4) is 0 Å². The Balaban J connectivity index is 1.70. The van der Waals surface area contributed by atoms with Crippen LogP contribution in [0.1, 0.15) is 35.0 Å². The summed E-state index contributed by atoms with van der Waals surface area (Å²) in [6.45, 7) is 8.12. The Morgan fingerprint density at radius 2 is 2.18 bits per heavy atom. The number of H-pyrrole nitrogens is 1. The van der Waals surface area contributed by atoms with E-state index < -0.39 is 0 Å².